The van der Waals surface area contributed by atoms with Crippen molar-refractivity contribution in [2.45, 2.75) is 0 Å². The highest BCUT2D eigenvalue weighted by Crippen LogP contribution is 2.39. The first-order valence-electron chi connectivity index (χ1n) is 23.8. The Balaban J connectivity index is 0.791. The second kappa shape index (κ2) is 18.7. The predicted molar refractivity (Wildman–Crippen MR) is 299 cm³/mol. The molecule has 0 heterocycles. The van der Waals surface area contributed by atoms with Crippen molar-refractivity contribution in [3.63, 3.8) is 0 Å². The third-order valence-electron chi connectivity index (χ3n) is 13.2. The molecule has 0 spiro atoms. The molecule has 332 valence electrons. The van der Waals surface area contributed by atoms with Crippen LogP contribution in [-0.2, 0) is 0 Å². The zero-order valence-corrected chi connectivity index (χ0v) is 38.4. The second-order valence-corrected chi connectivity index (χ2v) is 17.7. The van der Waals surface area contributed by atoms with Gasteiger partial charge in [0.25, 0.3) is 0 Å². The first kappa shape index (κ1) is 42.0. The average molecular weight is 897 g/mol. The Kier molecular flexibility index (Phi) is 11.2. The summed E-state index contributed by atoms with van der Waals surface area (Å²) in [5.41, 5.74) is 16.6. The second-order valence-electron chi connectivity index (χ2n) is 17.7. The Labute approximate surface area is 408 Å². The van der Waals surface area contributed by atoms with E-state index in [0.29, 0.717) is 0 Å². The molecule has 0 saturated carbocycles. The van der Waals surface area contributed by atoms with Crippen molar-refractivity contribution in [3.8, 4) is 33.4 Å². The Morgan fingerprint density at radius 2 is 0.429 bits per heavy atom. The summed E-state index contributed by atoms with van der Waals surface area (Å²) in [5.74, 6) is 0. The van der Waals surface area contributed by atoms with Gasteiger partial charge in [0.15, 0.2) is 0 Å². The summed E-state index contributed by atoms with van der Waals surface area (Å²) in [5, 5.41) is 18.4. The van der Waals surface area contributed by atoms with Gasteiger partial charge in [-0.15, -0.1) is 0 Å². The fourth-order valence-electron chi connectivity index (χ4n) is 9.66. The van der Waals surface area contributed by atoms with Gasteiger partial charge in [-0.3, -0.25) is 0 Å². The molecule has 70 heavy (non-hydrogen) atoms. The lowest BCUT2D eigenvalue weighted by Crippen LogP contribution is -2.10. The monoisotopic (exact) mass is 896 g/mol. The average Bonchev–Trinajstić information content (AvgIpc) is 3.42. The fourth-order valence-corrected chi connectivity index (χ4v) is 9.66. The van der Waals surface area contributed by atoms with Crippen LogP contribution < -0.4 is 20.9 Å². The topological polar surface area (TPSA) is 39.3 Å². The van der Waals surface area contributed by atoms with Crippen LogP contribution in [-0.4, -0.2) is 0 Å². The zero-order chi connectivity index (χ0) is 46.6. The number of hydrogen-bond acceptors (Lipinski definition) is 4. The van der Waals surface area contributed by atoms with E-state index in [1.54, 1.807) is 0 Å². The summed E-state index contributed by atoms with van der Waals surface area (Å²) < 4.78 is 0. The van der Waals surface area contributed by atoms with Crippen LogP contribution in [0.15, 0.2) is 273 Å². The molecule has 12 rings (SSSR count). The molecule has 0 bridgehead atoms. The molecule has 0 amide bonds. The number of fused-ring (bicyclic) bond motifs is 3. The van der Waals surface area contributed by atoms with Gasteiger partial charge in [-0.05, 0) is 175 Å². The fraction of sp³-hybridized carbons (Fsp3) is 0. The molecule has 0 aliphatic rings. The maximum atomic E-state index is 3.63. The van der Waals surface area contributed by atoms with Crippen LogP contribution in [0.25, 0.3) is 65.7 Å². The van der Waals surface area contributed by atoms with Gasteiger partial charge in [-0.25, -0.2) is 0 Å². The lowest BCUT2D eigenvalue weighted by Gasteiger charge is -2.26. The summed E-state index contributed by atoms with van der Waals surface area (Å²) in [4.78, 5) is 2.30. The number of hydrogen-bond donors (Lipinski definition) is 3. The third kappa shape index (κ3) is 8.69. The molecule has 12 aromatic rings. The molecule has 0 aromatic heterocycles. The summed E-state index contributed by atoms with van der Waals surface area (Å²) in [6, 6.07) is 97.2. The van der Waals surface area contributed by atoms with Gasteiger partial charge in [0.1, 0.15) is 0 Å². The molecular formula is C66H48N4. The zero-order valence-electron chi connectivity index (χ0n) is 38.4. The molecule has 4 heteroatoms. The van der Waals surface area contributed by atoms with Crippen LogP contribution in [0.2, 0.25) is 0 Å². The van der Waals surface area contributed by atoms with Gasteiger partial charge in [0.2, 0.25) is 0 Å². The van der Waals surface area contributed by atoms with Crippen LogP contribution in [0, 0.1) is 0 Å². The van der Waals surface area contributed by atoms with Crippen LogP contribution in [0.3, 0.4) is 0 Å². The Hall–Kier alpha value is -9.38. The van der Waals surface area contributed by atoms with E-state index >= 15 is 0 Å². The summed E-state index contributed by atoms with van der Waals surface area (Å²) >= 11 is 0. The van der Waals surface area contributed by atoms with E-state index in [9.17, 15) is 0 Å². The van der Waals surface area contributed by atoms with Gasteiger partial charge in [-0.1, -0.05) is 164 Å². The highest BCUT2D eigenvalue weighted by Gasteiger charge is 2.14. The van der Waals surface area contributed by atoms with Crippen molar-refractivity contribution in [2.24, 2.45) is 0 Å². The third-order valence-corrected chi connectivity index (χ3v) is 13.2. The minimum absolute atomic E-state index is 1.01. The van der Waals surface area contributed by atoms with Crippen molar-refractivity contribution in [2.75, 3.05) is 20.9 Å². The largest absolute Gasteiger partial charge is 0.356 e. The van der Waals surface area contributed by atoms with Gasteiger partial charge in [0.05, 0.1) is 0 Å². The molecule has 0 aliphatic heterocycles. The molecule has 0 fully saturated rings. The van der Waals surface area contributed by atoms with Gasteiger partial charge < -0.3 is 20.9 Å². The molecular weight excluding hydrogens is 849 g/mol. The molecule has 12 aromatic carbocycles. The Bertz CT molecular complexity index is 3340. The standard InChI is InChI=1S/C66H48N4/c1-4-16-61-46(10-1)13-7-19-64(61)49-22-28-52(29-23-49)67-55-34-40-58(41-35-55)70(59-42-36-56(37-43-59)68-53-30-24-50(25-31-53)65-20-8-14-47-11-2-5-17-62(47)65)60-44-38-57(39-45-60)69-54-32-26-51(27-33-54)66-21-9-15-48-12-3-6-18-63(48)66/h1-45,67-69H. The smallest absolute Gasteiger partial charge is 0.0463 e. The Morgan fingerprint density at radius 3 is 0.700 bits per heavy atom. The number of nitrogens with one attached hydrogen (secondary N) is 3. The molecule has 3 N–H and O–H groups in total. The van der Waals surface area contributed by atoms with E-state index in [1.807, 2.05) is 0 Å². The maximum absolute atomic E-state index is 3.63. The van der Waals surface area contributed by atoms with Gasteiger partial charge in [0, 0.05) is 51.2 Å². The first-order chi connectivity index (χ1) is 34.6. The minimum atomic E-state index is 1.01. The number of rotatable bonds is 12. The van der Waals surface area contributed by atoms with Crippen molar-refractivity contribution in [3.05, 3.63) is 273 Å². The van der Waals surface area contributed by atoms with E-state index in [-0.39, 0.29) is 0 Å². The quantitative estimate of drug-likeness (QED) is 0.114. The maximum Gasteiger partial charge on any atom is 0.0463 e. The first-order valence-corrected chi connectivity index (χ1v) is 23.8. The lowest BCUT2D eigenvalue weighted by molar-refractivity contribution is 1.28. The van der Waals surface area contributed by atoms with E-state index < -0.39 is 0 Å². The molecule has 0 unspecified atom stereocenters. The van der Waals surface area contributed by atoms with E-state index in [4.69, 9.17) is 0 Å². The molecule has 0 aliphatic carbocycles. The predicted octanol–water partition coefficient (Wildman–Crippen LogP) is 18.8. The van der Waals surface area contributed by atoms with Gasteiger partial charge >= 0.3 is 0 Å². The van der Waals surface area contributed by atoms with Crippen molar-refractivity contribution in [1.82, 2.24) is 0 Å². The van der Waals surface area contributed by atoms with Crippen LogP contribution >= 0.6 is 0 Å². The number of nitrogens with zero attached hydrogens (tertiary/aromatic N) is 1. The molecule has 4 nitrogen and oxygen atoms in total. The molecule has 0 atom stereocenters. The lowest BCUT2D eigenvalue weighted by atomic mass is 9.98. The minimum Gasteiger partial charge on any atom is -0.356 e. The summed E-state index contributed by atoms with van der Waals surface area (Å²) in [7, 11) is 0. The van der Waals surface area contributed by atoms with Gasteiger partial charge in [-0.2, -0.15) is 0 Å². The van der Waals surface area contributed by atoms with E-state index in [1.165, 1.54) is 65.7 Å². The van der Waals surface area contributed by atoms with E-state index in [0.717, 1.165) is 51.2 Å². The Morgan fingerprint density at radius 1 is 0.200 bits per heavy atom. The van der Waals surface area contributed by atoms with Crippen LogP contribution in [0.5, 0.6) is 0 Å². The molecule has 0 radical (unpaired) electrons. The normalized spacial score (nSPS) is 11.1. The number of anilines is 9. The van der Waals surface area contributed by atoms with Crippen molar-refractivity contribution in [1.29, 1.82) is 0 Å². The van der Waals surface area contributed by atoms with Crippen LogP contribution in [0.1, 0.15) is 0 Å². The van der Waals surface area contributed by atoms with Crippen LogP contribution in [0.4, 0.5) is 51.2 Å². The van der Waals surface area contributed by atoms with Crippen molar-refractivity contribution < 1.29 is 0 Å². The summed E-state index contributed by atoms with van der Waals surface area (Å²) in [6.45, 7) is 0. The van der Waals surface area contributed by atoms with E-state index in [2.05, 4.69) is 294 Å². The summed E-state index contributed by atoms with van der Waals surface area (Å²) in [6.07, 6.45) is 0. The highest BCUT2D eigenvalue weighted by atomic mass is 15.1. The van der Waals surface area contributed by atoms with Crippen molar-refractivity contribution >= 4 is 83.5 Å². The SMILES string of the molecule is c1ccc2c(-c3ccc(Nc4ccc(N(c5ccc(Nc6ccc(-c7cccc8ccccc78)cc6)cc5)c5ccc(Nc6ccc(-c7cccc8ccccc78)cc6)cc5)cc4)cc3)cccc2c1. The highest BCUT2D eigenvalue weighted by molar-refractivity contribution is 5.99. The number of benzene rings is 12. The molecule has 0 saturated heterocycles.